The molecular formula is C23H28N6. The van der Waals surface area contributed by atoms with Gasteiger partial charge in [0.25, 0.3) is 0 Å². The minimum absolute atomic E-state index is 0.0628. The predicted octanol–water partition coefficient (Wildman–Crippen LogP) is 2.81. The molecule has 4 rings (SSSR count). The lowest BCUT2D eigenvalue weighted by molar-refractivity contribution is 0.112. The van der Waals surface area contributed by atoms with Gasteiger partial charge in [-0.15, -0.1) is 11.7 Å². The van der Waals surface area contributed by atoms with Gasteiger partial charge in [-0.3, -0.25) is 9.80 Å². The number of hydrogen-bond donors (Lipinski definition) is 0. The number of piperazine rings is 1. The molecule has 1 atom stereocenters. The standard InChI is InChI=1S/C23H28N6/c1-2-14-27-16-18-28(19-17-27)22(21-11-7-4-8-12-21)23-24-25-26-29(23)15-13-20-9-5-3-6-10-20/h2-12,22H,1,13-19H2. The zero-order chi connectivity index (χ0) is 19.9. The Kier molecular flexibility index (Phi) is 6.44. The van der Waals surface area contributed by atoms with Crippen molar-refractivity contribution in [2.75, 3.05) is 32.7 Å². The summed E-state index contributed by atoms with van der Waals surface area (Å²) in [6, 6.07) is 21.2. The SMILES string of the molecule is C=CCN1CCN(C(c2ccccc2)c2nnnn2CCc2ccccc2)CC1. The van der Waals surface area contributed by atoms with Crippen molar-refractivity contribution in [3.8, 4) is 0 Å². The molecule has 0 bridgehead atoms. The van der Waals surface area contributed by atoms with Crippen molar-refractivity contribution in [3.05, 3.63) is 90.3 Å². The van der Waals surface area contributed by atoms with E-state index in [0.29, 0.717) is 0 Å². The highest BCUT2D eigenvalue weighted by atomic mass is 15.6. The third-order valence-corrected chi connectivity index (χ3v) is 5.53. The molecule has 1 unspecified atom stereocenters. The molecular weight excluding hydrogens is 360 g/mol. The van der Waals surface area contributed by atoms with Crippen LogP contribution in [0.5, 0.6) is 0 Å². The van der Waals surface area contributed by atoms with E-state index in [1.54, 1.807) is 0 Å². The highest BCUT2D eigenvalue weighted by Gasteiger charge is 2.30. The summed E-state index contributed by atoms with van der Waals surface area (Å²) in [5.74, 6) is 0.921. The van der Waals surface area contributed by atoms with E-state index in [0.717, 1.165) is 51.5 Å². The first-order chi connectivity index (χ1) is 14.3. The fraction of sp³-hybridized carbons (Fsp3) is 0.348. The fourth-order valence-corrected chi connectivity index (χ4v) is 3.99. The van der Waals surface area contributed by atoms with Gasteiger partial charge in [-0.2, -0.15) is 0 Å². The normalized spacial score (nSPS) is 16.6. The van der Waals surface area contributed by atoms with E-state index in [9.17, 15) is 0 Å². The molecule has 6 heteroatoms. The van der Waals surface area contributed by atoms with E-state index >= 15 is 0 Å². The summed E-state index contributed by atoms with van der Waals surface area (Å²) in [6.45, 7) is 9.61. The largest absolute Gasteiger partial charge is 0.297 e. The molecule has 2 heterocycles. The van der Waals surface area contributed by atoms with Crippen LogP contribution in [0.25, 0.3) is 0 Å². The highest BCUT2D eigenvalue weighted by Crippen LogP contribution is 2.28. The Morgan fingerprint density at radius 3 is 2.31 bits per heavy atom. The molecule has 0 aliphatic carbocycles. The molecule has 1 aliphatic rings. The number of rotatable bonds is 8. The first-order valence-corrected chi connectivity index (χ1v) is 10.3. The molecule has 0 N–H and O–H groups in total. The van der Waals surface area contributed by atoms with Crippen LogP contribution in [0.1, 0.15) is 23.0 Å². The lowest BCUT2D eigenvalue weighted by Gasteiger charge is -2.38. The van der Waals surface area contributed by atoms with Gasteiger partial charge in [0.15, 0.2) is 5.82 Å². The molecule has 0 amide bonds. The maximum atomic E-state index is 4.47. The van der Waals surface area contributed by atoms with E-state index in [1.807, 2.05) is 16.8 Å². The molecule has 0 saturated carbocycles. The van der Waals surface area contributed by atoms with Crippen LogP contribution in [0, 0.1) is 0 Å². The van der Waals surface area contributed by atoms with Crippen LogP contribution in [-0.2, 0) is 13.0 Å². The second kappa shape index (κ2) is 9.58. The van der Waals surface area contributed by atoms with Crippen LogP contribution in [0.4, 0.5) is 0 Å². The summed E-state index contributed by atoms with van der Waals surface area (Å²) >= 11 is 0. The van der Waals surface area contributed by atoms with Crippen LogP contribution in [0.3, 0.4) is 0 Å². The van der Waals surface area contributed by atoms with Crippen molar-refractivity contribution in [1.82, 2.24) is 30.0 Å². The van der Waals surface area contributed by atoms with Crippen molar-refractivity contribution >= 4 is 0 Å². The van der Waals surface area contributed by atoms with Crippen molar-refractivity contribution in [3.63, 3.8) is 0 Å². The van der Waals surface area contributed by atoms with Crippen molar-refractivity contribution in [1.29, 1.82) is 0 Å². The monoisotopic (exact) mass is 388 g/mol. The number of aryl methyl sites for hydroxylation is 2. The van der Waals surface area contributed by atoms with Gasteiger partial charge in [-0.1, -0.05) is 66.7 Å². The van der Waals surface area contributed by atoms with Gasteiger partial charge in [-0.05, 0) is 28.0 Å². The summed E-state index contributed by atoms with van der Waals surface area (Å²) < 4.78 is 1.97. The summed E-state index contributed by atoms with van der Waals surface area (Å²) in [6.07, 6.45) is 2.89. The number of tetrazole rings is 1. The molecule has 1 saturated heterocycles. The second-order valence-electron chi connectivity index (χ2n) is 7.43. The Labute approximate surface area is 172 Å². The summed E-state index contributed by atoms with van der Waals surface area (Å²) in [5.41, 5.74) is 2.53. The van der Waals surface area contributed by atoms with E-state index in [-0.39, 0.29) is 6.04 Å². The lowest BCUT2D eigenvalue weighted by atomic mass is 10.0. The lowest BCUT2D eigenvalue weighted by Crippen LogP contribution is -2.48. The molecule has 6 nitrogen and oxygen atoms in total. The van der Waals surface area contributed by atoms with Crippen molar-refractivity contribution < 1.29 is 0 Å². The molecule has 1 fully saturated rings. The van der Waals surface area contributed by atoms with Gasteiger partial charge in [0.05, 0.1) is 6.04 Å². The van der Waals surface area contributed by atoms with E-state index in [4.69, 9.17) is 0 Å². The zero-order valence-corrected chi connectivity index (χ0v) is 16.8. The highest BCUT2D eigenvalue weighted by molar-refractivity contribution is 5.25. The molecule has 0 radical (unpaired) electrons. The van der Waals surface area contributed by atoms with E-state index < -0.39 is 0 Å². The van der Waals surface area contributed by atoms with Crippen LogP contribution in [0.2, 0.25) is 0 Å². The maximum absolute atomic E-state index is 4.47. The Morgan fingerprint density at radius 2 is 1.62 bits per heavy atom. The van der Waals surface area contributed by atoms with Crippen LogP contribution >= 0.6 is 0 Å². The van der Waals surface area contributed by atoms with Gasteiger partial charge in [0.1, 0.15) is 0 Å². The minimum Gasteiger partial charge on any atom is -0.297 e. The minimum atomic E-state index is 0.0628. The predicted molar refractivity (Wildman–Crippen MR) is 114 cm³/mol. The summed E-state index contributed by atoms with van der Waals surface area (Å²) in [5, 5.41) is 12.8. The van der Waals surface area contributed by atoms with Crippen molar-refractivity contribution in [2.24, 2.45) is 0 Å². The van der Waals surface area contributed by atoms with E-state index in [1.165, 1.54) is 11.1 Å². The molecule has 2 aromatic carbocycles. The van der Waals surface area contributed by atoms with Gasteiger partial charge in [0.2, 0.25) is 0 Å². The molecule has 29 heavy (non-hydrogen) atoms. The number of aromatic nitrogens is 4. The quantitative estimate of drug-likeness (QED) is 0.556. The Balaban J connectivity index is 1.56. The smallest absolute Gasteiger partial charge is 0.173 e. The van der Waals surface area contributed by atoms with Gasteiger partial charge in [-0.25, -0.2) is 4.68 Å². The first-order valence-electron chi connectivity index (χ1n) is 10.3. The average molecular weight is 389 g/mol. The molecule has 1 aliphatic heterocycles. The number of benzene rings is 2. The Hall–Kier alpha value is -2.83. The molecule has 1 aromatic heterocycles. The second-order valence-corrected chi connectivity index (χ2v) is 7.43. The third-order valence-electron chi connectivity index (χ3n) is 5.53. The van der Waals surface area contributed by atoms with Gasteiger partial charge >= 0.3 is 0 Å². The van der Waals surface area contributed by atoms with Gasteiger partial charge in [0, 0.05) is 39.3 Å². The molecule has 150 valence electrons. The summed E-state index contributed by atoms with van der Waals surface area (Å²) in [7, 11) is 0. The topological polar surface area (TPSA) is 50.1 Å². The van der Waals surface area contributed by atoms with Crippen molar-refractivity contribution in [2.45, 2.75) is 19.0 Å². The van der Waals surface area contributed by atoms with Crippen LogP contribution in [-0.4, -0.2) is 62.7 Å². The van der Waals surface area contributed by atoms with Gasteiger partial charge < -0.3 is 0 Å². The summed E-state index contributed by atoms with van der Waals surface area (Å²) in [4.78, 5) is 4.93. The Morgan fingerprint density at radius 1 is 0.931 bits per heavy atom. The fourth-order valence-electron chi connectivity index (χ4n) is 3.99. The maximum Gasteiger partial charge on any atom is 0.173 e. The van der Waals surface area contributed by atoms with Crippen LogP contribution < -0.4 is 0 Å². The van der Waals surface area contributed by atoms with E-state index in [2.05, 4.69) is 86.5 Å². The molecule has 0 spiro atoms. The Bertz CT molecular complexity index is 884. The number of nitrogens with zero attached hydrogens (tertiary/aromatic N) is 6. The molecule has 3 aromatic rings. The first kappa shape index (κ1) is 19.5. The van der Waals surface area contributed by atoms with Crippen LogP contribution in [0.15, 0.2) is 73.3 Å². The average Bonchev–Trinajstić information content (AvgIpc) is 3.23. The number of hydrogen-bond acceptors (Lipinski definition) is 5. The zero-order valence-electron chi connectivity index (χ0n) is 16.8. The third kappa shape index (κ3) is 4.78.